The van der Waals surface area contributed by atoms with Crippen LogP contribution in [0.4, 0.5) is 0 Å². The van der Waals surface area contributed by atoms with Crippen LogP contribution in [0.5, 0.6) is 0 Å². The fraction of sp³-hybridized carbons (Fsp3) is 0.632. The average molecular weight is 315 g/mol. The van der Waals surface area contributed by atoms with Gasteiger partial charge in [-0.05, 0) is 50.8 Å². The van der Waals surface area contributed by atoms with E-state index in [2.05, 4.69) is 45.9 Å². The van der Waals surface area contributed by atoms with E-state index in [4.69, 9.17) is 0 Å². The molecule has 2 N–H and O–H groups in total. The summed E-state index contributed by atoms with van der Waals surface area (Å²) >= 11 is 0. The van der Waals surface area contributed by atoms with Crippen molar-refractivity contribution in [1.29, 1.82) is 0 Å². The molecule has 2 aliphatic heterocycles. The van der Waals surface area contributed by atoms with Gasteiger partial charge in [-0.1, -0.05) is 30.3 Å². The molecule has 0 aliphatic carbocycles. The van der Waals surface area contributed by atoms with Crippen molar-refractivity contribution in [1.82, 2.24) is 15.5 Å². The maximum atomic E-state index is 12.3. The second kappa shape index (κ2) is 7.93. The second-order valence-electron chi connectivity index (χ2n) is 7.11. The van der Waals surface area contributed by atoms with Gasteiger partial charge in [0.15, 0.2) is 0 Å². The minimum absolute atomic E-state index is 0.000658. The highest BCUT2D eigenvalue weighted by atomic mass is 16.2. The van der Waals surface area contributed by atoms with Crippen LogP contribution in [0.3, 0.4) is 0 Å². The lowest BCUT2D eigenvalue weighted by atomic mass is 9.89. The fourth-order valence-electron chi connectivity index (χ4n) is 3.54. The second-order valence-corrected chi connectivity index (χ2v) is 7.11. The Balaban J connectivity index is 1.39. The summed E-state index contributed by atoms with van der Waals surface area (Å²) in [5, 5.41) is 6.35. The first kappa shape index (κ1) is 16.5. The van der Waals surface area contributed by atoms with Gasteiger partial charge in [0.2, 0.25) is 5.91 Å². The summed E-state index contributed by atoms with van der Waals surface area (Å²) in [5.74, 6) is 1.58. The van der Waals surface area contributed by atoms with Crippen molar-refractivity contribution >= 4 is 5.91 Å². The van der Waals surface area contributed by atoms with Crippen LogP contribution in [0, 0.1) is 11.8 Å². The molecule has 2 aliphatic rings. The zero-order valence-corrected chi connectivity index (χ0v) is 14.1. The van der Waals surface area contributed by atoms with Crippen LogP contribution in [-0.2, 0) is 11.2 Å². The lowest BCUT2D eigenvalue weighted by Crippen LogP contribution is -2.52. The van der Waals surface area contributed by atoms with Gasteiger partial charge in [-0.2, -0.15) is 0 Å². The van der Waals surface area contributed by atoms with E-state index in [0.29, 0.717) is 5.92 Å². The molecule has 1 atom stereocenters. The van der Waals surface area contributed by atoms with Gasteiger partial charge in [0.1, 0.15) is 0 Å². The first-order valence-electron chi connectivity index (χ1n) is 8.99. The highest BCUT2D eigenvalue weighted by Gasteiger charge is 2.27. The number of amides is 1. The van der Waals surface area contributed by atoms with Crippen LogP contribution in [0.2, 0.25) is 0 Å². The molecule has 0 radical (unpaired) electrons. The first-order valence-corrected chi connectivity index (χ1v) is 8.99. The van der Waals surface area contributed by atoms with Gasteiger partial charge < -0.3 is 10.6 Å². The Morgan fingerprint density at radius 1 is 1.22 bits per heavy atom. The number of likely N-dealkylation sites (tertiary alicyclic amines) is 1. The fourth-order valence-corrected chi connectivity index (χ4v) is 3.54. The maximum Gasteiger partial charge on any atom is 0.237 e. The normalized spacial score (nSPS) is 21.6. The molecule has 23 heavy (non-hydrogen) atoms. The highest BCUT2D eigenvalue weighted by molar-refractivity contribution is 5.81. The van der Waals surface area contributed by atoms with E-state index in [9.17, 15) is 4.79 Å². The third-order valence-corrected chi connectivity index (χ3v) is 5.37. The van der Waals surface area contributed by atoms with Crippen molar-refractivity contribution in [3.05, 3.63) is 35.9 Å². The van der Waals surface area contributed by atoms with E-state index < -0.39 is 0 Å². The largest absolute Gasteiger partial charge is 0.354 e. The molecule has 1 amide bonds. The smallest absolute Gasteiger partial charge is 0.237 e. The molecule has 1 aromatic rings. The molecule has 4 heteroatoms. The SMILES string of the molecule is CC(C(=O)NCC1CNC1)N1CCC(Cc2ccccc2)CC1. The van der Waals surface area contributed by atoms with E-state index in [1.165, 1.54) is 24.8 Å². The molecular weight excluding hydrogens is 286 g/mol. The number of benzene rings is 1. The number of nitrogens with zero attached hydrogens (tertiary/aromatic N) is 1. The third-order valence-electron chi connectivity index (χ3n) is 5.37. The predicted octanol–water partition coefficient (Wildman–Crippen LogP) is 1.67. The minimum atomic E-state index is 0.000658. The van der Waals surface area contributed by atoms with E-state index in [1.807, 2.05) is 6.92 Å². The molecule has 0 bridgehead atoms. The number of nitrogens with one attached hydrogen (secondary N) is 2. The molecule has 0 spiro atoms. The van der Waals surface area contributed by atoms with Crippen LogP contribution in [0.1, 0.15) is 25.3 Å². The number of carbonyl (C=O) groups is 1. The summed E-state index contributed by atoms with van der Waals surface area (Å²) in [5.41, 5.74) is 1.44. The lowest BCUT2D eigenvalue weighted by molar-refractivity contribution is -0.126. The standard InChI is InChI=1S/C19H29N3O/c1-15(19(23)21-14-18-12-20-13-18)22-9-7-17(8-10-22)11-16-5-3-2-4-6-16/h2-6,15,17-18,20H,7-14H2,1H3,(H,21,23). The van der Waals surface area contributed by atoms with Crippen LogP contribution >= 0.6 is 0 Å². The van der Waals surface area contributed by atoms with Crippen molar-refractivity contribution in [2.24, 2.45) is 11.8 Å². The summed E-state index contributed by atoms with van der Waals surface area (Å²) in [6, 6.07) is 10.8. The molecule has 0 saturated carbocycles. The van der Waals surface area contributed by atoms with E-state index in [0.717, 1.165) is 38.6 Å². The monoisotopic (exact) mass is 315 g/mol. The summed E-state index contributed by atoms with van der Waals surface area (Å²) in [6.45, 7) is 7.03. The Morgan fingerprint density at radius 3 is 2.52 bits per heavy atom. The summed E-state index contributed by atoms with van der Waals surface area (Å²) in [6.07, 6.45) is 3.56. The van der Waals surface area contributed by atoms with Gasteiger partial charge >= 0.3 is 0 Å². The Morgan fingerprint density at radius 2 is 1.91 bits per heavy atom. The summed E-state index contributed by atoms with van der Waals surface area (Å²) < 4.78 is 0. The van der Waals surface area contributed by atoms with Gasteiger partial charge in [-0.25, -0.2) is 0 Å². The van der Waals surface area contributed by atoms with Crippen molar-refractivity contribution in [2.75, 3.05) is 32.7 Å². The molecular formula is C19H29N3O. The molecule has 0 aromatic heterocycles. The zero-order chi connectivity index (χ0) is 16.1. The Labute approximate surface area is 139 Å². The van der Waals surface area contributed by atoms with Crippen LogP contribution in [-0.4, -0.2) is 49.6 Å². The first-order chi connectivity index (χ1) is 11.2. The molecule has 126 valence electrons. The van der Waals surface area contributed by atoms with Crippen LogP contribution in [0.15, 0.2) is 30.3 Å². The lowest BCUT2D eigenvalue weighted by Gasteiger charge is -2.36. The Bertz CT molecular complexity index is 493. The maximum absolute atomic E-state index is 12.3. The number of piperidine rings is 1. The van der Waals surface area contributed by atoms with Crippen LogP contribution in [0.25, 0.3) is 0 Å². The van der Waals surface area contributed by atoms with Gasteiger partial charge in [0.05, 0.1) is 6.04 Å². The topological polar surface area (TPSA) is 44.4 Å². The van der Waals surface area contributed by atoms with Gasteiger partial charge in [-0.15, -0.1) is 0 Å². The number of hydrogen-bond acceptors (Lipinski definition) is 3. The van der Waals surface area contributed by atoms with Crippen molar-refractivity contribution in [3.8, 4) is 0 Å². The number of rotatable bonds is 6. The van der Waals surface area contributed by atoms with Crippen molar-refractivity contribution in [2.45, 2.75) is 32.2 Å². The van der Waals surface area contributed by atoms with Gasteiger partial charge in [0, 0.05) is 25.6 Å². The van der Waals surface area contributed by atoms with Crippen LogP contribution < -0.4 is 10.6 Å². The number of carbonyl (C=O) groups excluding carboxylic acids is 1. The molecule has 2 heterocycles. The van der Waals surface area contributed by atoms with Crippen molar-refractivity contribution in [3.63, 3.8) is 0 Å². The summed E-state index contributed by atoms with van der Waals surface area (Å²) in [4.78, 5) is 14.6. The predicted molar refractivity (Wildman–Crippen MR) is 93.3 cm³/mol. The van der Waals surface area contributed by atoms with Gasteiger partial charge in [-0.3, -0.25) is 9.69 Å². The van der Waals surface area contributed by atoms with Gasteiger partial charge in [0.25, 0.3) is 0 Å². The molecule has 2 saturated heterocycles. The van der Waals surface area contributed by atoms with E-state index >= 15 is 0 Å². The quantitative estimate of drug-likeness (QED) is 0.839. The Hall–Kier alpha value is -1.39. The molecule has 1 unspecified atom stereocenters. The number of hydrogen-bond donors (Lipinski definition) is 2. The third kappa shape index (κ3) is 4.55. The molecule has 2 fully saturated rings. The molecule has 4 nitrogen and oxygen atoms in total. The molecule has 3 rings (SSSR count). The average Bonchev–Trinajstić information content (AvgIpc) is 2.54. The summed E-state index contributed by atoms with van der Waals surface area (Å²) in [7, 11) is 0. The molecule has 1 aromatic carbocycles. The highest BCUT2D eigenvalue weighted by Crippen LogP contribution is 2.22. The van der Waals surface area contributed by atoms with Crippen molar-refractivity contribution < 1.29 is 4.79 Å². The minimum Gasteiger partial charge on any atom is -0.354 e. The zero-order valence-electron chi connectivity index (χ0n) is 14.1. The Kier molecular flexibility index (Phi) is 5.68. The van der Waals surface area contributed by atoms with E-state index in [-0.39, 0.29) is 11.9 Å². The van der Waals surface area contributed by atoms with E-state index in [1.54, 1.807) is 0 Å².